The maximum absolute atomic E-state index is 12.5. The summed E-state index contributed by atoms with van der Waals surface area (Å²) in [7, 11) is 0. The molecule has 33 heavy (non-hydrogen) atoms. The third-order valence-electron chi connectivity index (χ3n) is 7.93. The SMILES string of the molecule is CC1(C)OC(=O)C(=CN2CCn3c4c(c5cc(C6CCCCC6)ccc53)CCC[C@@H]42)C(=O)O1. The summed E-state index contributed by atoms with van der Waals surface area (Å²) in [6.07, 6.45) is 11.6. The first kappa shape index (κ1) is 20.8. The summed E-state index contributed by atoms with van der Waals surface area (Å²) in [5, 5.41) is 1.41. The Hall–Kier alpha value is -2.76. The van der Waals surface area contributed by atoms with E-state index in [2.05, 4.69) is 27.7 Å². The van der Waals surface area contributed by atoms with E-state index in [1.807, 2.05) is 0 Å². The Morgan fingerprint density at radius 2 is 1.73 bits per heavy atom. The second-order valence-corrected chi connectivity index (χ2v) is 10.5. The second-order valence-electron chi connectivity index (χ2n) is 10.5. The van der Waals surface area contributed by atoms with Gasteiger partial charge in [0.1, 0.15) is 0 Å². The normalized spacial score (nSPS) is 25.0. The first-order chi connectivity index (χ1) is 15.9. The van der Waals surface area contributed by atoms with Crippen LogP contribution in [0, 0.1) is 0 Å². The zero-order valence-corrected chi connectivity index (χ0v) is 19.6. The quantitative estimate of drug-likeness (QED) is 0.363. The highest BCUT2D eigenvalue weighted by Crippen LogP contribution is 2.44. The van der Waals surface area contributed by atoms with Crippen molar-refractivity contribution in [2.75, 3.05) is 6.54 Å². The smallest absolute Gasteiger partial charge is 0.350 e. The Kier molecular flexibility index (Phi) is 4.82. The fourth-order valence-electron chi connectivity index (χ4n) is 6.43. The molecular formula is C27H32N2O4. The molecule has 1 saturated carbocycles. The van der Waals surface area contributed by atoms with Gasteiger partial charge in [-0.3, -0.25) is 0 Å². The summed E-state index contributed by atoms with van der Waals surface area (Å²) in [5.41, 5.74) is 5.63. The highest BCUT2D eigenvalue weighted by molar-refractivity contribution is 6.15. The van der Waals surface area contributed by atoms with Crippen molar-refractivity contribution in [3.05, 3.63) is 46.8 Å². The fourth-order valence-corrected chi connectivity index (χ4v) is 6.43. The topological polar surface area (TPSA) is 60.8 Å². The molecule has 174 valence electrons. The first-order valence-electron chi connectivity index (χ1n) is 12.5. The van der Waals surface area contributed by atoms with E-state index >= 15 is 0 Å². The number of carbonyl (C=O) groups excluding carboxylic acids is 2. The largest absolute Gasteiger partial charge is 0.419 e. The Labute approximate surface area is 194 Å². The van der Waals surface area contributed by atoms with Crippen LogP contribution in [-0.4, -0.2) is 33.7 Å². The van der Waals surface area contributed by atoms with Crippen LogP contribution in [0.4, 0.5) is 0 Å². The molecule has 0 N–H and O–H groups in total. The van der Waals surface area contributed by atoms with Gasteiger partial charge in [0.05, 0.1) is 6.04 Å². The monoisotopic (exact) mass is 448 g/mol. The maximum Gasteiger partial charge on any atom is 0.350 e. The summed E-state index contributed by atoms with van der Waals surface area (Å²) in [6.45, 7) is 4.74. The van der Waals surface area contributed by atoms with Crippen LogP contribution >= 0.6 is 0 Å². The molecule has 1 atom stereocenters. The highest BCUT2D eigenvalue weighted by Gasteiger charge is 2.41. The van der Waals surface area contributed by atoms with Crippen molar-refractivity contribution >= 4 is 22.8 Å². The number of benzene rings is 1. The van der Waals surface area contributed by atoms with E-state index in [4.69, 9.17) is 9.47 Å². The molecule has 1 saturated heterocycles. The Morgan fingerprint density at radius 3 is 2.48 bits per heavy atom. The predicted octanol–water partition coefficient (Wildman–Crippen LogP) is 5.10. The Balaban J connectivity index is 1.37. The molecule has 6 rings (SSSR count). The lowest BCUT2D eigenvalue weighted by Gasteiger charge is -2.40. The van der Waals surface area contributed by atoms with Gasteiger partial charge >= 0.3 is 11.9 Å². The summed E-state index contributed by atoms with van der Waals surface area (Å²) < 4.78 is 13.1. The molecular weight excluding hydrogens is 416 g/mol. The Morgan fingerprint density at radius 1 is 0.970 bits per heavy atom. The Bertz CT molecular complexity index is 1150. The van der Waals surface area contributed by atoms with Crippen molar-refractivity contribution in [2.45, 2.75) is 89.5 Å². The van der Waals surface area contributed by atoms with Crippen molar-refractivity contribution in [3.8, 4) is 0 Å². The molecule has 6 heteroatoms. The number of aromatic nitrogens is 1. The lowest BCUT2D eigenvalue weighted by molar-refractivity contribution is -0.222. The molecule has 6 nitrogen and oxygen atoms in total. The van der Waals surface area contributed by atoms with Gasteiger partial charge in [-0.1, -0.05) is 25.3 Å². The highest BCUT2D eigenvalue weighted by atomic mass is 16.7. The van der Waals surface area contributed by atoms with E-state index < -0.39 is 17.7 Å². The molecule has 2 fully saturated rings. The summed E-state index contributed by atoms with van der Waals surface area (Å²) >= 11 is 0. The number of hydrogen-bond donors (Lipinski definition) is 0. The number of esters is 2. The number of carbonyl (C=O) groups is 2. The maximum atomic E-state index is 12.5. The van der Waals surface area contributed by atoms with Crippen molar-refractivity contribution in [2.24, 2.45) is 0 Å². The van der Waals surface area contributed by atoms with E-state index in [-0.39, 0.29) is 11.6 Å². The molecule has 0 radical (unpaired) electrons. The van der Waals surface area contributed by atoms with Crippen LogP contribution < -0.4 is 0 Å². The number of ether oxygens (including phenoxy) is 2. The molecule has 2 aromatic rings. The fraction of sp³-hybridized carbons (Fsp3) is 0.556. The van der Waals surface area contributed by atoms with Crippen molar-refractivity contribution < 1.29 is 19.1 Å². The van der Waals surface area contributed by atoms with Crippen molar-refractivity contribution in [1.82, 2.24) is 9.47 Å². The molecule has 3 heterocycles. The van der Waals surface area contributed by atoms with Crippen molar-refractivity contribution in [1.29, 1.82) is 0 Å². The van der Waals surface area contributed by atoms with E-state index in [0.717, 1.165) is 32.4 Å². The number of hydrogen-bond acceptors (Lipinski definition) is 5. The standard InChI is InChI=1S/C27H32N2O4/c1-27(2)32-25(30)21(26(31)33-27)16-28-13-14-29-22-12-11-18(17-7-4-3-5-8-17)15-20(22)19-9-6-10-23(28)24(19)29/h11-12,15-17,23H,3-10,13-14H2,1-2H3/t23-/m0/s1. The van der Waals surface area contributed by atoms with E-state index in [1.165, 1.54) is 59.8 Å². The molecule has 2 aliphatic heterocycles. The number of rotatable bonds is 2. The van der Waals surface area contributed by atoms with Crippen LogP contribution in [0.1, 0.15) is 87.6 Å². The van der Waals surface area contributed by atoms with Gasteiger partial charge in [0.25, 0.3) is 5.79 Å². The number of cyclic esters (lactones) is 2. The van der Waals surface area contributed by atoms with Crippen LogP contribution in [0.3, 0.4) is 0 Å². The third-order valence-corrected chi connectivity index (χ3v) is 7.93. The zero-order chi connectivity index (χ0) is 22.7. The second kappa shape index (κ2) is 7.64. The lowest BCUT2D eigenvalue weighted by atomic mass is 9.83. The molecule has 2 aliphatic carbocycles. The number of nitrogens with zero attached hydrogens (tertiary/aromatic N) is 2. The predicted molar refractivity (Wildman–Crippen MR) is 124 cm³/mol. The molecule has 0 amide bonds. The summed E-state index contributed by atoms with van der Waals surface area (Å²) in [6, 6.07) is 7.32. The van der Waals surface area contributed by atoms with E-state index in [0.29, 0.717) is 5.92 Å². The van der Waals surface area contributed by atoms with Gasteiger partial charge in [-0.15, -0.1) is 0 Å². The van der Waals surface area contributed by atoms with Gasteiger partial charge in [-0.05, 0) is 61.3 Å². The lowest BCUT2D eigenvalue weighted by Crippen LogP contribution is -2.43. The van der Waals surface area contributed by atoms with Crippen LogP contribution in [-0.2, 0) is 32.0 Å². The van der Waals surface area contributed by atoms with Gasteiger partial charge in [-0.25, -0.2) is 9.59 Å². The minimum atomic E-state index is -1.21. The molecule has 0 bridgehead atoms. The average molecular weight is 449 g/mol. The third kappa shape index (κ3) is 3.46. The van der Waals surface area contributed by atoms with E-state index in [9.17, 15) is 9.59 Å². The van der Waals surface area contributed by atoms with Crippen LogP contribution in [0.15, 0.2) is 30.0 Å². The summed E-state index contributed by atoms with van der Waals surface area (Å²) in [4.78, 5) is 27.2. The molecule has 1 aromatic heterocycles. The van der Waals surface area contributed by atoms with Crippen LogP contribution in [0.2, 0.25) is 0 Å². The van der Waals surface area contributed by atoms with Gasteiger partial charge in [0.15, 0.2) is 5.57 Å². The van der Waals surface area contributed by atoms with Crippen LogP contribution in [0.25, 0.3) is 10.9 Å². The average Bonchev–Trinajstić information content (AvgIpc) is 3.12. The number of fused-ring (bicyclic) bond motifs is 3. The molecule has 1 aromatic carbocycles. The van der Waals surface area contributed by atoms with Crippen LogP contribution in [0.5, 0.6) is 0 Å². The molecule has 4 aliphatic rings. The van der Waals surface area contributed by atoms with E-state index in [1.54, 1.807) is 20.0 Å². The first-order valence-corrected chi connectivity index (χ1v) is 12.5. The minimum absolute atomic E-state index is 0.00871. The van der Waals surface area contributed by atoms with Gasteiger partial charge < -0.3 is 18.9 Å². The number of aryl methyl sites for hydroxylation is 1. The molecule has 0 spiro atoms. The summed E-state index contributed by atoms with van der Waals surface area (Å²) in [5.74, 6) is -1.72. The van der Waals surface area contributed by atoms with Crippen molar-refractivity contribution in [3.63, 3.8) is 0 Å². The zero-order valence-electron chi connectivity index (χ0n) is 19.6. The van der Waals surface area contributed by atoms with Gasteiger partial charge in [0, 0.05) is 49.7 Å². The van der Waals surface area contributed by atoms with Gasteiger partial charge in [-0.2, -0.15) is 0 Å². The minimum Gasteiger partial charge on any atom is -0.419 e. The molecule has 0 unspecified atom stereocenters. The van der Waals surface area contributed by atoms with Gasteiger partial charge in [0.2, 0.25) is 0 Å².